The fourth-order valence-corrected chi connectivity index (χ4v) is 1.97. The van der Waals surface area contributed by atoms with Crippen LogP contribution in [0.5, 0.6) is 5.75 Å². The van der Waals surface area contributed by atoms with Crippen LogP contribution in [-0.2, 0) is 6.54 Å². The first-order chi connectivity index (χ1) is 10.7. The van der Waals surface area contributed by atoms with E-state index in [1.54, 1.807) is 18.2 Å². The van der Waals surface area contributed by atoms with Crippen molar-refractivity contribution in [2.45, 2.75) is 6.54 Å². The van der Waals surface area contributed by atoms with Gasteiger partial charge in [-0.3, -0.25) is 0 Å². The van der Waals surface area contributed by atoms with Crippen molar-refractivity contribution >= 4 is 23.0 Å². The number of thiocarbonyl (C=S) groups is 1. The topological polar surface area (TPSA) is 33.3 Å². The second kappa shape index (κ2) is 8.14. The molecular formula is C17H17FN2OS. The first-order valence-corrected chi connectivity index (χ1v) is 7.21. The summed E-state index contributed by atoms with van der Waals surface area (Å²) in [7, 11) is 0. The Balaban J connectivity index is 1.86. The molecule has 114 valence electrons. The SMILES string of the molecule is C=CCOc1cccc(NC(=S)NCc2ccc(F)cc2)c1. The molecule has 2 rings (SSSR count). The quantitative estimate of drug-likeness (QED) is 0.626. The summed E-state index contributed by atoms with van der Waals surface area (Å²) < 4.78 is 18.3. The van der Waals surface area contributed by atoms with E-state index in [4.69, 9.17) is 17.0 Å². The number of ether oxygens (including phenoxy) is 1. The van der Waals surface area contributed by atoms with E-state index in [1.165, 1.54) is 12.1 Å². The van der Waals surface area contributed by atoms with Gasteiger partial charge in [0.25, 0.3) is 0 Å². The molecule has 0 saturated carbocycles. The van der Waals surface area contributed by atoms with Gasteiger partial charge in [0.05, 0.1) is 0 Å². The zero-order valence-corrected chi connectivity index (χ0v) is 12.8. The van der Waals surface area contributed by atoms with E-state index in [0.717, 1.165) is 17.0 Å². The second-order valence-electron chi connectivity index (χ2n) is 4.56. The van der Waals surface area contributed by atoms with Crippen molar-refractivity contribution < 1.29 is 9.13 Å². The highest BCUT2D eigenvalue weighted by atomic mass is 32.1. The van der Waals surface area contributed by atoms with Crippen LogP contribution < -0.4 is 15.4 Å². The molecule has 0 spiro atoms. The van der Waals surface area contributed by atoms with E-state index in [1.807, 2.05) is 24.3 Å². The number of anilines is 1. The molecule has 0 unspecified atom stereocenters. The molecule has 0 fully saturated rings. The van der Waals surface area contributed by atoms with Gasteiger partial charge < -0.3 is 15.4 Å². The van der Waals surface area contributed by atoms with E-state index in [0.29, 0.717) is 18.3 Å². The Labute approximate surface area is 134 Å². The number of rotatable bonds is 6. The van der Waals surface area contributed by atoms with Gasteiger partial charge in [-0.2, -0.15) is 0 Å². The Morgan fingerprint density at radius 1 is 1.23 bits per heavy atom. The van der Waals surface area contributed by atoms with Crippen LogP contribution in [0.2, 0.25) is 0 Å². The highest BCUT2D eigenvalue weighted by Crippen LogP contribution is 2.17. The van der Waals surface area contributed by atoms with Crippen molar-refractivity contribution in [1.29, 1.82) is 0 Å². The fraction of sp³-hybridized carbons (Fsp3) is 0.118. The van der Waals surface area contributed by atoms with E-state index >= 15 is 0 Å². The van der Waals surface area contributed by atoms with Gasteiger partial charge >= 0.3 is 0 Å². The molecule has 2 aromatic rings. The van der Waals surface area contributed by atoms with Crippen LogP contribution in [0.3, 0.4) is 0 Å². The summed E-state index contributed by atoms with van der Waals surface area (Å²) in [6.45, 7) is 4.59. The Hall–Kier alpha value is -2.40. The molecule has 0 radical (unpaired) electrons. The molecule has 0 atom stereocenters. The lowest BCUT2D eigenvalue weighted by Gasteiger charge is -2.12. The standard InChI is InChI=1S/C17H17FN2OS/c1-2-10-21-16-5-3-4-15(11-16)20-17(22)19-12-13-6-8-14(18)9-7-13/h2-9,11H,1,10,12H2,(H2,19,20,22). The minimum atomic E-state index is -0.249. The lowest BCUT2D eigenvalue weighted by atomic mass is 10.2. The number of nitrogens with one attached hydrogen (secondary N) is 2. The van der Waals surface area contributed by atoms with Gasteiger partial charge in [-0.25, -0.2) is 4.39 Å². The molecule has 2 N–H and O–H groups in total. The normalized spacial score (nSPS) is 9.86. The largest absolute Gasteiger partial charge is 0.489 e. The lowest BCUT2D eigenvalue weighted by Crippen LogP contribution is -2.27. The van der Waals surface area contributed by atoms with Crippen molar-refractivity contribution in [2.24, 2.45) is 0 Å². The molecule has 3 nitrogen and oxygen atoms in total. The third-order valence-corrected chi connectivity index (χ3v) is 3.07. The average molecular weight is 316 g/mol. The highest BCUT2D eigenvalue weighted by molar-refractivity contribution is 7.80. The van der Waals surface area contributed by atoms with Crippen LogP contribution in [-0.4, -0.2) is 11.7 Å². The third kappa shape index (κ3) is 5.18. The Morgan fingerprint density at radius 3 is 2.73 bits per heavy atom. The summed E-state index contributed by atoms with van der Waals surface area (Å²) >= 11 is 5.24. The minimum Gasteiger partial charge on any atom is -0.489 e. The Morgan fingerprint density at radius 2 is 2.00 bits per heavy atom. The molecule has 22 heavy (non-hydrogen) atoms. The molecule has 0 aliphatic carbocycles. The predicted molar refractivity (Wildman–Crippen MR) is 91.6 cm³/mol. The third-order valence-electron chi connectivity index (χ3n) is 2.83. The summed E-state index contributed by atoms with van der Waals surface area (Å²) in [5.41, 5.74) is 1.78. The van der Waals surface area contributed by atoms with Gasteiger partial charge in [0.2, 0.25) is 0 Å². The van der Waals surface area contributed by atoms with Gasteiger partial charge in [0, 0.05) is 18.3 Å². The fourth-order valence-electron chi connectivity index (χ4n) is 1.78. The van der Waals surface area contributed by atoms with Gasteiger partial charge in [-0.05, 0) is 42.0 Å². The molecule has 0 amide bonds. The number of benzene rings is 2. The molecule has 0 aromatic heterocycles. The first kappa shape index (κ1) is 16.0. The van der Waals surface area contributed by atoms with E-state index in [2.05, 4.69) is 17.2 Å². The molecule has 0 bridgehead atoms. The van der Waals surface area contributed by atoms with E-state index < -0.39 is 0 Å². The van der Waals surface area contributed by atoms with Crippen LogP contribution in [0, 0.1) is 5.82 Å². The summed E-state index contributed by atoms with van der Waals surface area (Å²) in [5, 5.41) is 6.64. The van der Waals surface area contributed by atoms with Gasteiger partial charge in [-0.1, -0.05) is 30.9 Å². The zero-order valence-electron chi connectivity index (χ0n) is 12.0. The van der Waals surface area contributed by atoms with Crippen LogP contribution in [0.4, 0.5) is 10.1 Å². The maximum atomic E-state index is 12.8. The molecule has 0 aliphatic heterocycles. The van der Waals surface area contributed by atoms with Crippen LogP contribution in [0.1, 0.15) is 5.56 Å². The zero-order chi connectivity index (χ0) is 15.8. The second-order valence-corrected chi connectivity index (χ2v) is 4.97. The lowest BCUT2D eigenvalue weighted by molar-refractivity contribution is 0.363. The summed E-state index contributed by atoms with van der Waals surface area (Å²) in [4.78, 5) is 0. The smallest absolute Gasteiger partial charge is 0.171 e. The number of halogens is 1. The minimum absolute atomic E-state index is 0.249. The summed E-state index contributed by atoms with van der Waals surface area (Å²) in [6, 6.07) is 13.8. The van der Waals surface area contributed by atoms with Crippen LogP contribution in [0.15, 0.2) is 61.2 Å². The number of hydrogen-bond donors (Lipinski definition) is 2. The van der Waals surface area contributed by atoms with Crippen LogP contribution >= 0.6 is 12.2 Å². The van der Waals surface area contributed by atoms with Crippen molar-refractivity contribution in [3.8, 4) is 5.75 Å². The molecule has 5 heteroatoms. The average Bonchev–Trinajstić information content (AvgIpc) is 2.53. The van der Waals surface area contributed by atoms with Crippen LogP contribution in [0.25, 0.3) is 0 Å². The summed E-state index contributed by atoms with van der Waals surface area (Å²) in [6.07, 6.45) is 1.69. The molecule has 0 saturated heterocycles. The molecule has 2 aromatic carbocycles. The summed E-state index contributed by atoms with van der Waals surface area (Å²) in [5.74, 6) is 0.493. The van der Waals surface area contributed by atoms with Crippen molar-refractivity contribution in [1.82, 2.24) is 5.32 Å². The molecule has 0 aliphatic rings. The molecular weight excluding hydrogens is 299 g/mol. The maximum Gasteiger partial charge on any atom is 0.171 e. The Bertz CT molecular complexity index is 643. The predicted octanol–water partition coefficient (Wildman–Crippen LogP) is 3.88. The van der Waals surface area contributed by atoms with Gasteiger partial charge in [0.1, 0.15) is 18.2 Å². The van der Waals surface area contributed by atoms with E-state index in [9.17, 15) is 4.39 Å². The van der Waals surface area contributed by atoms with Gasteiger partial charge in [0.15, 0.2) is 5.11 Å². The number of hydrogen-bond acceptors (Lipinski definition) is 2. The Kier molecular flexibility index (Phi) is 5.91. The van der Waals surface area contributed by atoms with E-state index in [-0.39, 0.29) is 5.82 Å². The van der Waals surface area contributed by atoms with Crippen molar-refractivity contribution in [2.75, 3.05) is 11.9 Å². The highest BCUT2D eigenvalue weighted by Gasteiger charge is 2.00. The van der Waals surface area contributed by atoms with Crippen molar-refractivity contribution in [3.05, 3.63) is 72.6 Å². The maximum absolute atomic E-state index is 12.8. The molecule has 0 heterocycles. The van der Waals surface area contributed by atoms with Gasteiger partial charge in [-0.15, -0.1) is 0 Å². The van der Waals surface area contributed by atoms with Crippen molar-refractivity contribution in [3.63, 3.8) is 0 Å². The first-order valence-electron chi connectivity index (χ1n) is 6.80. The monoisotopic (exact) mass is 316 g/mol.